The van der Waals surface area contributed by atoms with E-state index in [1.54, 1.807) is 12.1 Å². The quantitative estimate of drug-likeness (QED) is 0.636. The molecule has 6 heteroatoms. The van der Waals surface area contributed by atoms with Gasteiger partial charge in [0, 0.05) is 23.6 Å². The summed E-state index contributed by atoms with van der Waals surface area (Å²) in [5, 5.41) is 21.2. The number of aromatic nitrogens is 1. The molecule has 0 bridgehead atoms. The number of hydrogen-bond acceptors (Lipinski definition) is 4. The van der Waals surface area contributed by atoms with Crippen molar-refractivity contribution in [3.8, 4) is 5.75 Å². The van der Waals surface area contributed by atoms with E-state index in [0.29, 0.717) is 18.5 Å². The molecular weight excluding hydrogens is 356 g/mol. The van der Waals surface area contributed by atoms with Crippen LogP contribution in [0.1, 0.15) is 24.1 Å². The fraction of sp³-hybridized carbons (Fsp3) is 0.182. The Labute approximate surface area is 161 Å². The van der Waals surface area contributed by atoms with Crippen LogP contribution in [0.25, 0.3) is 10.9 Å². The summed E-state index contributed by atoms with van der Waals surface area (Å²) in [6.07, 6.45) is 2.47. The van der Waals surface area contributed by atoms with Crippen LogP contribution < -0.4 is 0 Å². The van der Waals surface area contributed by atoms with Crippen LogP contribution in [0.3, 0.4) is 0 Å². The molecule has 1 aromatic heterocycles. The van der Waals surface area contributed by atoms with Gasteiger partial charge in [-0.2, -0.15) is 0 Å². The van der Waals surface area contributed by atoms with Gasteiger partial charge in [-0.15, -0.1) is 0 Å². The van der Waals surface area contributed by atoms with Gasteiger partial charge >= 0.3 is 0 Å². The molecule has 0 spiro atoms. The molecular formula is C22H20N2O4. The highest BCUT2D eigenvalue weighted by Crippen LogP contribution is 2.38. The molecule has 0 saturated heterocycles. The number of amides is 1. The summed E-state index contributed by atoms with van der Waals surface area (Å²) in [6.45, 7) is 1.65. The van der Waals surface area contributed by atoms with E-state index < -0.39 is 17.7 Å². The van der Waals surface area contributed by atoms with Crippen molar-refractivity contribution in [3.63, 3.8) is 0 Å². The van der Waals surface area contributed by atoms with Gasteiger partial charge in [-0.25, -0.2) is 0 Å². The van der Waals surface area contributed by atoms with E-state index in [1.165, 1.54) is 24.0 Å². The lowest BCUT2D eigenvalue weighted by Crippen LogP contribution is -2.32. The second kappa shape index (κ2) is 6.88. The standard InChI is InChI=1S/C22H20N2O4/c1-13(25)19-20(14-5-4-6-16(26)11-14)24(22(28)21(19)27)10-9-15-12-23-18-8-3-2-7-17(15)18/h2-8,11-12,20,23,26-27H,9-10H2,1H3/t20-/m1/s1. The number of rotatable bonds is 5. The third-order valence-electron chi connectivity index (χ3n) is 5.17. The molecule has 0 unspecified atom stereocenters. The number of carbonyl (C=O) groups excluding carboxylic acids is 2. The van der Waals surface area contributed by atoms with Gasteiger partial charge in [-0.05, 0) is 42.7 Å². The minimum atomic E-state index is -0.720. The van der Waals surface area contributed by atoms with E-state index in [9.17, 15) is 19.8 Å². The molecule has 0 aliphatic carbocycles. The average molecular weight is 376 g/mol. The highest BCUT2D eigenvalue weighted by molar-refractivity contribution is 6.08. The Bertz CT molecular complexity index is 1110. The fourth-order valence-corrected chi connectivity index (χ4v) is 3.86. The van der Waals surface area contributed by atoms with Crippen molar-refractivity contribution in [2.45, 2.75) is 19.4 Å². The minimum Gasteiger partial charge on any atom is -0.508 e. The van der Waals surface area contributed by atoms with Crippen molar-refractivity contribution in [2.75, 3.05) is 6.54 Å². The lowest BCUT2D eigenvalue weighted by molar-refractivity contribution is -0.129. The van der Waals surface area contributed by atoms with Crippen molar-refractivity contribution < 1.29 is 19.8 Å². The van der Waals surface area contributed by atoms with Gasteiger partial charge < -0.3 is 20.1 Å². The Hall–Kier alpha value is -3.54. The van der Waals surface area contributed by atoms with Gasteiger partial charge in [0.05, 0.1) is 11.6 Å². The zero-order valence-corrected chi connectivity index (χ0v) is 15.3. The highest BCUT2D eigenvalue weighted by atomic mass is 16.3. The number of carbonyl (C=O) groups is 2. The molecule has 1 aliphatic rings. The van der Waals surface area contributed by atoms with E-state index in [1.807, 2.05) is 30.5 Å². The molecule has 0 fully saturated rings. The van der Waals surface area contributed by atoms with E-state index in [4.69, 9.17) is 0 Å². The molecule has 2 aromatic carbocycles. The molecule has 4 rings (SSSR count). The first-order chi connectivity index (χ1) is 13.5. The Kier molecular flexibility index (Phi) is 4.39. The SMILES string of the molecule is CC(=O)C1=C(O)C(=O)N(CCc2c[nH]c3ccccc23)[C@@H]1c1cccc(O)c1. The van der Waals surface area contributed by atoms with Gasteiger partial charge in [0.1, 0.15) is 5.75 Å². The Balaban J connectivity index is 1.68. The summed E-state index contributed by atoms with van der Waals surface area (Å²) in [7, 11) is 0. The third-order valence-corrected chi connectivity index (χ3v) is 5.17. The molecule has 1 amide bonds. The number of nitrogens with zero attached hydrogens (tertiary/aromatic N) is 1. The molecule has 0 radical (unpaired) electrons. The molecule has 1 atom stereocenters. The van der Waals surface area contributed by atoms with Crippen LogP contribution in [-0.2, 0) is 16.0 Å². The average Bonchev–Trinajstić information content (AvgIpc) is 3.19. The number of hydrogen-bond donors (Lipinski definition) is 3. The summed E-state index contributed by atoms with van der Waals surface area (Å²) in [6, 6.07) is 13.6. The number of nitrogens with one attached hydrogen (secondary N) is 1. The van der Waals surface area contributed by atoms with Crippen molar-refractivity contribution in [2.24, 2.45) is 0 Å². The first-order valence-electron chi connectivity index (χ1n) is 9.06. The maximum Gasteiger partial charge on any atom is 0.290 e. The van der Waals surface area contributed by atoms with Crippen LogP contribution in [0, 0.1) is 0 Å². The van der Waals surface area contributed by atoms with Gasteiger partial charge in [0.2, 0.25) is 0 Å². The zero-order valence-electron chi connectivity index (χ0n) is 15.3. The van der Waals surface area contributed by atoms with E-state index in [0.717, 1.165) is 16.5 Å². The van der Waals surface area contributed by atoms with Crippen molar-refractivity contribution in [3.05, 3.63) is 77.2 Å². The van der Waals surface area contributed by atoms with Crippen molar-refractivity contribution in [1.29, 1.82) is 0 Å². The smallest absolute Gasteiger partial charge is 0.290 e. The molecule has 3 N–H and O–H groups in total. The Morgan fingerprint density at radius 1 is 1.14 bits per heavy atom. The largest absolute Gasteiger partial charge is 0.508 e. The zero-order chi connectivity index (χ0) is 19.8. The Morgan fingerprint density at radius 2 is 1.93 bits per heavy atom. The number of fused-ring (bicyclic) bond motifs is 1. The molecule has 0 saturated carbocycles. The monoisotopic (exact) mass is 376 g/mol. The van der Waals surface area contributed by atoms with Gasteiger partial charge in [-0.3, -0.25) is 9.59 Å². The van der Waals surface area contributed by atoms with E-state index in [-0.39, 0.29) is 17.1 Å². The molecule has 1 aliphatic heterocycles. The lowest BCUT2D eigenvalue weighted by Gasteiger charge is -2.26. The number of H-pyrrole nitrogens is 1. The molecule has 142 valence electrons. The topological polar surface area (TPSA) is 93.6 Å². The molecule has 3 aromatic rings. The number of para-hydroxylation sites is 1. The van der Waals surface area contributed by atoms with E-state index in [2.05, 4.69) is 4.98 Å². The van der Waals surface area contributed by atoms with Crippen LogP contribution in [-0.4, -0.2) is 38.3 Å². The minimum absolute atomic E-state index is 0.0378. The van der Waals surface area contributed by atoms with Crippen LogP contribution in [0.15, 0.2) is 66.1 Å². The molecule has 2 heterocycles. The summed E-state index contributed by atoms with van der Waals surface area (Å²) < 4.78 is 0. The number of aromatic hydroxyl groups is 1. The molecule has 28 heavy (non-hydrogen) atoms. The number of aliphatic hydroxyl groups excluding tert-OH is 1. The number of phenolic OH excluding ortho intramolecular Hbond substituents is 1. The predicted octanol–water partition coefficient (Wildman–Crippen LogP) is 3.40. The summed E-state index contributed by atoms with van der Waals surface area (Å²) >= 11 is 0. The number of aromatic amines is 1. The van der Waals surface area contributed by atoms with Gasteiger partial charge in [0.15, 0.2) is 11.5 Å². The van der Waals surface area contributed by atoms with Gasteiger partial charge in [-0.1, -0.05) is 30.3 Å². The van der Waals surface area contributed by atoms with Crippen molar-refractivity contribution in [1.82, 2.24) is 9.88 Å². The highest BCUT2D eigenvalue weighted by Gasteiger charge is 2.42. The summed E-state index contributed by atoms with van der Waals surface area (Å²) in [5.41, 5.74) is 2.71. The summed E-state index contributed by atoms with van der Waals surface area (Å²) in [4.78, 5) is 29.6. The normalized spacial score (nSPS) is 17.0. The first kappa shape index (κ1) is 17.9. The lowest BCUT2D eigenvalue weighted by atomic mass is 9.96. The van der Waals surface area contributed by atoms with Crippen LogP contribution >= 0.6 is 0 Å². The number of ketones is 1. The predicted molar refractivity (Wildman–Crippen MR) is 105 cm³/mol. The van der Waals surface area contributed by atoms with Crippen LogP contribution in [0.5, 0.6) is 5.75 Å². The number of Topliss-reactive ketones (excluding diaryl/α,β-unsaturated/α-hetero) is 1. The van der Waals surface area contributed by atoms with E-state index >= 15 is 0 Å². The summed E-state index contributed by atoms with van der Waals surface area (Å²) in [5.74, 6) is -1.41. The van der Waals surface area contributed by atoms with Crippen LogP contribution in [0.4, 0.5) is 0 Å². The number of benzene rings is 2. The second-order valence-corrected chi connectivity index (χ2v) is 6.92. The fourth-order valence-electron chi connectivity index (χ4n) is 3.86. The maximum absolute atomic E-state index is 12.7. The third kappa shape index (κ3) is 2.93. The number of phenols is 1. The Morgan fingerprint density at radius 3 is 2.68 bits per heavy atom. The second-order valence-electron chi connectivity index (χ2n) is 6.92. The van der Waals surface area contributed by atoms with Gasteiger partial charge in [0.25, 0.3) is 5.91 Å². The maximum atomic E-state index is 12.7. The molecule has 6 nitrogen and oxygen atoms in total. The van der Waals surface area contributed by atoms with Crippen molar-refractivity contribution >= 4 is 22.6 Å². The van der Waals surface area contributed by atoms with Crippen LogP contribution in [0.2, 0.25) is 0 Å². The number of aliphatic hydroxyl groups is 1. The first-order valence-corrected chi connectivity index (χ1v) is 9.06.